The smallest absolute Gasteiger partial charge is 0.340 e. The molecule has 0 bridgehead atoms. The molecular formula is C15H16ClNO5. The van der Waals surface area contributed by atoms with Gasteiger partial charge in [0.1, 0.15) is 5.57 Å². The van der Waals surface area contributed by atoms with Crippen LogP contribution in [0.5, 0.6) is 0 Å². The average molecular weight is 326 g/mol. The van der Waals surface area contributed by atoms with Crippen LogP contribution in [0.15, 0.2) is 30.4 Å². The van der Waals surface area contributed by atoms with E-state index in [1.807, 2.05) is 0 Å². The van der Waals surface area contributed by atoms with Gasteiger partial charge in [-0.25, -0.2) is 4.79 Å². The number of rotatable bonds is 6. The number of hydrogen-bond acceptors (Lipinski definition) is 4. The minimum absolute atomic E-state index is 0.181. The fourth-order valence-electron chi connectivity index (χ4n) is 1.60. The summed E-state index contributed by atoms with van der Waals surface area (Å²) < 4.78 is 4.92. The van der Waals surface area contributed by atoms with E-state index in [2.05, 4.69) is 11.9 Å². The van der Waals surface area contributed by atoms with Gasteiger partial charge >= 0.3 is 11.9 Å². The number of anilines is 1. The molecule has 1 unspecified atom stereocenters. The summed E-state index contributed by atoms with van der Waals surface area (Å²) in [6.07, 6.45) is 0. The van der Waals surface area contributed by atoms with E-state index in [1.165, 1.54) is 12.1 Å². The van der Waals surface area contributed by atoms with Crippen molar-refractivity contribution in [2.75, 3.05) is 11.9 Å². The van der Waals surface area contributed by atoms with Crippen LogP contribution in [-0.2, 0) is 19.1 Å². The van der Waals surface area contributed by atoms with Crippen LogP contribution in [0.1, 0.15) is 25.3 Å². The SMILES string of the molecule is C=C(C(=O)O)C(=O)Nc1ccc(C(C)C(=O)OCC)cc1Cl. The molecule has 0 aromatic heterocycles. The maximum Gasteiger partial charge on any atom is 0.340 e. The number of nitrogens with one attached hydrogen (secondary N) is 1. The van der Waals surface area contributed by atoms with Crippen molar-refractivity contribution < 1.29 is 24.2 Å². The highest BCUT2D eigenvalue weighted by molar-refractivity contribution is 6.34. The third-order valence-electron chi connectivity index (χ3n) is 2.91. The van der Waals surface area contributed by atoms with Crippen LogP contribution in [0, 0.1) is 0 Å². The van der Waals surface area contributed by atoms with Crippen molar-refractivity contribution in [1.29, 1.82) is 0 Å². The first-order valence-electron chi connectivity index (χ1n) is 6.47. The number of esters is 1. The summed E-state index contributed by atoms with van der Waals surface area (Å²) in [5.74, 6) is -3.16. The number of hydrogen-bond donors (Lipinski definition) is 2. The zero-order valence-corrected chi connectivity index (χ0v) is 12.9. The van der Waals surface area contributed by atoms with E-state index in [0.29, 0.717) is 5.56 Å². The molecule has 0 aliphatic rings. The average Bonchev–Trinajstić information content (AvgIpc) is 2.47. The topological polar surface area (TPSA) is 92.7 Å². The molecule has 118 valence electrons. The van der Waals surface area contributed by atoms with Gasteiger partial charge in [0.15, 0.2) is 0 Å². The van der Waals surface area contributed by atoms with Crippen LogP contribution >= 0.6 is 11.6 Å². The van der Waals surface area contributed by atoms with Crippen LogP contribution in [0.2, 0.25) is 5.02 Å². The molecule has 7 heteroatoms. The number of halogens is 1. The lowest BCUT2D eigenvalue weighted by atomic mass is 10.0. The number of amides is 1. The lowest BCUT2D eigenvalue weighted by Gasteiger charge is -2.13. The molecule has 1 rings (SSSR count). The monoisotopic (exact) mass is 325 g/mol. The second-order valence-electron chi connectivity index (χ2n) is 4.45. The van der Waals surface area contributed by atoms with Gasteiger partial charge < -0.3 is 15.2 Å². The summed E-state index contributed by atoms with van der Waals surface area (Å²) in [6, 6.07) is 4.61. The van der Waals surface area contributed by atoms with Crippen molar-refractivity contribution >= 4 is 35.1 Å². The summed E-state index contributed by atoms with van der Waals surface area (Å²) in [4.78, 5) is 33.9. The number of carbonyl (C=O) groups is 3. The zero-order chi connectivity index (χ0) is 16.9. The molecule has 22 heavy (non-hydrogen) atoms. The first-order valence-corrected chi connectivity index (χ1v) is 6.85. The summed E-state index contributed by atoms with van der Waals surface area (Å²) in [7, 11) is 0. The number of benzene rings is 1. The molecular weight excluding hydrogens is 310 g/mol. The molecule has 0 aliphatic carbocycles. The number of carbonyl (C=O) groups excluding carboxylic acids is 2. The van der Waals surface area contributed by atoms with Gasteiger partial charge in [-0.2, -0.15) is 0 Å². The molecule has 2 N–H and O–H groups in total. The van der Waals surface area contributed by atoms with Crippen LogP contribution in [0.25, 0.3) is 0 Å². The van der Waals surface area contributed by atoms with Gasteiger partial charge in [-0.05, 0) is 31.5 Å². The summed E-state index contributed by atoms with van der Waals surface area (Å²) >= 11 is 6.04. The second kappa shape index (κ2) is 7.61. The van der Waals surface area contributed by atoms with Crippen molar-refractivity contribution in [3.63, 3.8) is 0 Å². The quantitative estimate of drug-likeness (QED) is 0.363. The van der Waals surface area contributed by atoms with E-state index in [-0.39, 0.29) is 23.3 Å². The lowest BCUT2D eigenvalue weighted by Crippen LogP contribution is -2.19. The highest BCUT2D eigenvalue weighted by Crippen LogP contribution is 2.27. The van der Waals surface area contributed by atoms with Crippen LogP contribution in [0.4, 0.5) is 5.69 Å². The molecule has 0 heterocycles. The third kappa shape index (κ3) is 4.33. The Hall–Kier alpha value is -2.34. The normalized spacial score (nSPS) is 11.4. The Bertz CT molecular complexity index is 626. The maximum absolute atomic E-state index is 11.7. The minimum Gasteiger partial charge on any atom is -0.478 e. The molecule has 0 saturated carbocycles. The molecule has 0 fully saturated rings. The molecule has 0 saturated heterocycles. The molecule has 0 radical (unpaired) electrons. The van der Waals surface area contributed by atoms with Crippen molar-refractivity contribution in [2.24, 2.45) is 0 Å². The number of aliphatic carboxylic acids is 1. The molecule has 0 aliphatic heterocycles. The molecule has 0 spiro atoms. The highest BCUT2D eigenvalue weighted by Gasteiger charge is 2.19. The predicted octanol–water partition coefficient (Wildman–Crippen LogP) is 2.59. The first kappa shape index (κ1) is 17.7. The predicted molar refractivity (Wildman–Crippen MR) is 81.9 cm³/mol. The van der Waals surface area contributed by atoms with Gasteiger partial charge in [0, 0.05) is 0 Å². The van der Waals surface area contributed by atoms with Gasteiger partial charge in [0.05, 0.1) is 23.2 Å². The van der Waals surface area contributed by atoms with Crippen molar-refractivity contribution in [1.82, 2.24) is 0 Å². The Labute approximate surface area is 132 Å². The first-order chi connectivity index (χ1) is 10.3. The highest BCUT2D eigenvalue weighted by atomic mass is 35.5. The molecule has 1 atom stereocenters. The second-order valence-corrected chi connectivity index (χ2v) is 4.86. The van der Waals surface area contributed by atoms with E-state index in [0.717, 1.165) is 0 Å². The van der Waals surface area contributed by atoms with Crippen LogP contribution < -0.4 is 5.32 Å². The Morgan fingerprint density at radius 3 is 2.55 bits per heavy atom. The molecule has 1 amide bonds. The van der Waals surface area contributed by atoms with Crippen molar-refractivity contribution in [2.45, 2.75) is 19.8 Å². The molecule has 1 aromatic carbocycles. The number of ether oxygens (including phenoxy) is 1. The van der Waals surface area contributed by atoms with Crippen molar-refractivity contribution in [3.05, 3.63) is 40.9 Å². The number of carboxylic acids is 1. The van der Waals surface area contributed by atoms with E-state index in [1.54, 1.807) is 19.9 Å². The largest absolute Gasteiger partial charge is 0.478 e. The van der Waals surface area contributed by atoms with Crippen LogP contribution in [0.3, 0.4) is 0 Å². The molecule has 1 aromatic rings. The maximum atomic E-state index is 11.7. The van der Waals surface area contributed by atoms with Gasteiger partial charge in [-0.1, -0.05) is 24.2 Å². The Balaban J connectivity index is 2.90. The minimum atomic E-state index is -1.42. The lowest BCUT2D eigenvalue weighted by molar-refractivity contribution is -0.144. The third-order valence-corrected chi connectivity index (χ3v) is 3.23. The van der Waals surface area contributed by atoms with E-state index in [9.17, 15) is 14.4 Å². The zero-order valence-electron chi connectivity index (χ0n) is 12.2. The fourth-order valence-corrected chi connectivity index (χ4v) is 1.84. The van der Waals surface area contributed by atoms with E-state index in [4.69, 9.17) is 21.4 Å². The fraction of sp³-hybridized carbons (Fsp3) is 0.267. The van der Waals surface area contributed by atoms with Gasteiger partial charge in [-0.15, -0.1) is 0 Å². The summed E-state index contributed by atoms with van der Waals surface area (Å²) in [5, 5.41) is 11.2. The Morgan fingerprint density at radius 1 is 1.41 bits per heavy atom. The molecule has 6 nitrogen and oxygen atoms in total. The van der Waals surface area contributed by atoms with E-state index < -0.39 is 23.4 Å². The summed E-state index contributed by atoms with van der Waals surface area (Å²) in [5.41, 5.74) is 0.257. The Kier molecular flexibility index (Phi) is 6.12. The van der Waals surface area contributed by atoms with E-state index >= 15 is 0 Å². The number of carboxylic acid groups (broad SMARTS) is 1. The van der Waals surface area contributed by atoms with Gasteiger partial charge in [0.2, 0.25) is 0 Å². The van der Waals surface area contributed by atoms with Gasteiger partial charge in [0.25, 0.3) is 5.91 Å². The van der Waals surface area contributed by atoms with Crippen LogP contribution in [-0.4, -0.2) is 29.6 Å². The standard InChI is InChI=1S/C15H16ClNO5/c1-4-22-15(21)8(2)10-5-6-12(11(16)7-10)17-13(18)9(3)14(19)20/h5-8H,3-4H2,1-2H3,(H,17,18)(H,19,20). The van der Waals surface area contributed by atoms with Gasteiger partial charge in [-0.3, -0.25) is 9.59 Å². The Morgan fingerprint density at radius 2 is 2.05 bits per heavy atom. The van der Waals surface area contributed by atoms with Crippen molar-refractivity contribution in [3.8, 4) is 0 Å². The summed E-state index contributed by atoms with van der Waals surface area (Å²) in [6.45, 7) is 6.82.